The minimum atomic E-state index is -0.589. The Morgan fingerprint density at radius 2 is 1.73 bits per heavy atom. The van der Waals surface area contributed by atoms with Gasteiger partial charge in [0.25, 0.3) is 11.1 Å². The summed E-state index contributed by atoms with van der Waals surface area (Å²) in [5, 5.41) is -0.488. The Morgan fingerprint density at radius 3 is 2.38 bits per heavy atom. The summed E-state index contributed by atoms with van der Waals surface area (Å²) in [5.74, 6) is -0.308. The zero-order chi connectivity index (χ0) is 26.5. The number of carbonyl (C=O) groups is 4. The number of thioether (sulfide) groups is 1. The van der Waals surface area contributed by atoms with Crippen LogP contribution in [0, 0.1) is 0 Å². The van der Waals surface area contributed by atoms with Gasteiger partial charge in [0.1, 0.15) is 12.3 Å². The molecule has 2 aliphatic rings. The van der Waals surface area contributed by atoms with Crippen molar-refractivity contribution >= 4 is 56.8 Å². The molecule has 0 saturated carbocycles. The second-order valence-electron chi connectivity index (χ2n) is 8.36. The summed E-state index contributed by atoms with van der Waals surface area (Å²) in [5.41, 5.74) is 0.868. The van der Waals surface area contributed by atoms with Crippen molar-refractivity contribution < 1.29 is 33.4 Å². The summed E-state index contributed by atoms with van der Waals surface area (Å²) in [6.07, 6.45) is 4.47. The molecular formula is C26H25BrN2O7S. The normalized spacial score (nSPS) is 16.8. The van der Waals surface area contributed by atoms with E-state index in [1.807, 2.05) is 0 Å². The standard InChI is InChI=1S/C26H25BrN2O7S/c1-34-18-8-6-17(7-9-18)25(32)36-23-19(27)12-16(13-20(23)35-2)14-21-24(31)29(26(33)37-21)15-22(30)28-10-4-3-5-11-28/h6-9,12-14H,3-5,10-11,15H2,1-2H3/b21-14-. The number of hydrogen-bond donors (Lipinski definition) is 0. The number of amides is 3. The van der Waals surface area contributed by atoms with E-state index in [-0.39, 0.29) is 28.9 Å². The smallest absolute Gasteiger partial charge is 0.343 e. The fourth-order valence-corrected chi connectivity index (χ4v) is 5.35. The van der Waals surface area contributed by atoms with Crippen LogP contribution >= 0.6 is 27.7 Å². The number of piperidine rings is 1. The molecule has 2 aliphatic heterocycles. The summed E-state index contributed by atoms with van der Waals surface area (Å²) in [6.45, 7) is 1.03. The Morgan fingerprint density at radius 1 is 1.03 bits per heavy atom. The lowest BCUT2D eigenvalue weighted by Crippen LogP contribution is -2.44. The van der Waals surface area contributed by atoms with E-state index in [0.717, 1.165) is 35.9 Å². The molecule has 0 unspecified atom stereocenters. The van der Waals surface area contributed by atoms with E-state index in [0.29, 0.717) is 34.4 Å². The third kappa shape index (κ3) is 6.16. The SMILES string of the molecule is COc1ccc(C(=O)Oc2c(Br)cc(/C=C3\SC(=O)N(CC(=O)N4CCCCC4)C3=O)cc2OC)cc1. The fourth-order valence-electron chi connectivity index (χ4n) is 3.97. The zero-order valence-corrected chi connectivity index (χ0v) is 22.7. The van der Waals surface area contributed by atoms with Crippen molar-refractivity contribution in [3.63, 3.8) is 0 Å². The Hall–Kier alpha value is -3.31. The molecular weight excluding hydrogens is 564 g/mol. The van der Waals surface area contributed by atoms with Gasteiger partial charge in [-0.3, -0.25) is 19.3 Å². The average molecular weight is 589 g/mol. The van der Waals surface area contributed by atoms with Crippen molar-refractivity contribution in [1.29, 1.82) is 0 Å². The Kier molecular flexibility index (Phi) is 8.55. The van der Waals surface area contributed by atoms with Crippen LogP contribution in [0.15, 0.2) is 45.8 Å². The molecule has 0 spiro atoms. The number of imide groups is 1. The number of benzene rings is 2. The molecule has 0 atom stereocenters. The first-order valence-electron chi connectivity index (χ1n) is 11.6. The zero-order valence-electron chi connectivity index (χ0n) is 20.3. The van der Waals surface area contributed by atoms with E-state index in [1.165, 1.54) is 14.2 Å². The molecule has 2 heterocycles. The van der Waals surface area contributed by atoms with Gasteiger partial charge in [-0.15, -0.1) is 0 Å². The van der Waals surface area contributed by atoms with E-state index < -0.39 is 17.1 Å². The number of esters is 1. The number of hydrogen-bond acceptors (Lipinski definition) is 8. The molecule has 0 bridgehead atoms. The monoisotopic (exact) mass is 588 g/mol. The van der Waals surface area contributed by atoms with E-state index in [4.69, 9.17) is 14.2 Å². The molecule has 9 nitrogen and oxygen atoms in total. The highest BCUT2D eigenvalue weighted by Gasteiger charge is 2.37. The third-order valence-electron chi connectivity index (χ3n) is 5.95. The number of ether oxygens (including phenoxy) is 3. The second kappa shape index (κ2) is 11.8. The van der Waals surface area contributed by atoms with Gasteiger partial charge in [0.05, 0.1) is 29.2 Å². The molecule has 3 amide bonds. The second-order valence-corrected chi connectivity index (χ2v) is 10.2. The maximum Gasteiger partial charge on any atom is 0.343 e. The largest absolute Gasteiger partial charge is 0.497 e. The van der Waals surface area contributed by atoms with Gasteiger partial charge in [0, 0.05) is 13.1 Å². The van der Waals surface area contributed by atoms with Crippen molar-refractivity contribution in [3.05, 3.63) is 56.9 Å². The van der Waals surface area contributed by atoms with Gasteiger partial charge in [-0.2, -0.15) is 0 Å². The molecule has 0 N–H and O–H groups in total. The molecule has 0 aliphatic carbocycles. The molecule has 4 rings (SSSR count). The van der Waals surface area contributed by atoms with Crippen molar-refractivity contribution in [2.75, 3.05) is 33.9 Å². The van der Waals surface area contributed by atoms with Crippen molar-refractivity contribution in [2.24, 2.45) is 0 Å². The topological polar surface area (TPSA) is 102 Å². The van der Waals surface area contributed by atoms with Gasteiger partial charge in [0.2, 0.25) is 5.91 Å². The fraction of sp³-hybridized carbons (Fsp3) is 0.308. The molecule has 0 radical (unpaired) electrons. The molecule has 37 heavy (non-hydrogen) atoms. The van der Waals surface area contributed by atoms with Crippen LogP contribution in [0.2, 0.25) is 0 Å². The lowest BCUT2D eigenvalue weighted by molar-refractivity contribution is -0.136. The molecule has 2 saturated heterocycles. The van der Waals surface area contributed by atoms with E-state index in [1.54, 1.807) is 47.4 Å². The van der Waals surface area contributed by atoms with Gasteiger partial charge in [-0.1, -0.05) is 0 Å². The van der Waals surface area contributed by atoms with Crippen molar-refractivity contribution in [1.82, 2.24) is 9.80 Å². The number of rotatable bonds is 7. The van der Waals surface area contributed by atoms with Gasteiger partial charge < -0.3 is 19.1 Å². The third-order valence-corrected chi connectivity index (χ3v) is 7.44. The Bertz CT molecular complexity index is 1260. The van der Waals surface area contributed by atoms with Gasteiger partial charge in [-0.05, 0) is 95.0 Å². The molecule has 194 valence electrons. The highest BCUT2D eigenvalue weighted by Crippen LogP contribution is 2.39. The lowest BCUT2D eigenvalue weighted by Gasteiger charge is -2.27. The Balaban J connectivity index is 1.50. The molecule has 2 aromatic rings. The lowest BCUT2D eigenvalue weighted by atomic mass is 10.1. The van der Waals surface area contributed by atoms with Crippen LogP contribution in [0.25, 0.3) is 6.08 Å². The van der Waals surface area contributed by atoms with Crippen LogP contribution in [-0.4, -0.2) is 66.7 Å². The van der Waals surface area contributed by atoms with E-state index in [2.05, 4.69) is 15.9 Å². The minimum Gasteiger partial charge on any atom is -0.497 e. The Labute approximate surface area is 226 Å². The van der Waals surface area contributed by atoms with Crippen LogP contribution < -0.4 is 14.2 Å². The quantitative estimate of drug-likeness (QED) is 0.260. The highest BCUT2D eigenvalue weighted by molar-refractivity contribution is 9.10. The highest BCUT2D eigenvalue weighted by atomic mass is 79.9. The summed E-state index contributed by atoms with van der Waals surface area (Å²) in [4.78, 5) is 53.5. The van der Waals surface area contributed by atoms with Gasteiger partial charge in [0.15, 0.2) is 11.5 Å². The van der Waals surface area contributed by atoms with Gasteiger partial charge >= 0.3 is 5.97 Å². The molecule has 11 heteroatoms. The minimum absolute atomic E-state index is 0.167. The number of carbonyl (C=O) groups excluding carboxylic acids is 4. The first-order chi connectivity index (χ1) is 17.8. The summed E-state index contributed by atoms with van der Waals surface area (Å²) < 4.78 is 16.5. The van der Waals surface area contributed by atoms with E-state index in [9.17, 15) is 19.2 Å². The summed E-state index contributed by atoms with van der Waals surface area (Å²) >= 11 is 4.18. The van der Waals surface area contributed by atoms with Crippen LogP contribution in [0.5, 0.6) is 17.2 Å². The number of nitrogens with zero attached hydrogens (tertiary/aromatic N) is 2. The first kappa shape index (κ1) is 26.7. The van der Waals surface area contributed by atoms with Crippen LogP contribution in [0.1, 0.15) is 35.2 Å². The molecule has 2 aromatic carbocycles. The predicted octanol–water partition coefficient (Wildman–Crippen LogP) is 4.73. The van der Waals surface area contributed by atoms with E-state index >= 15 is 0 Å². The van der Waals surface area contributed by atoms with Crippen molar-refractivity contribution in [2.45, 2.75) is 19.3 Å². The van der Waals surface area contributed by atoms with Gasteiger partial charge in [-0.25, -0.2) is 4.79 Å². The maximum atomic E-state index is 12.9. The van der Waals surface area contributed by atoms with Crippen molar-refractivity contribution in [3.8, 4) is 17.2 Å². The average Bonchev–Trinajstić information content (AvgIpc) is 3.17. The summed E-state index contributed by atoms with van der Waals surface area (Å²) in [6, 6.07) is 9.71. The number of likely N-dealkylation sites (tertiary alicyclic amines) is 1. The number of halogens is 1. The molecule has 2 fully saturated rings. The van der Waals surface area contributed by atoms with Crippen LogP contribution in [0.3, 0.4) is 0 Å². The maximum absolute atomic E-state index is 12.9. The van der Waals surface area contributed by atoms with Crippen LogP contribution in [-0.2, 0) is 9.59 Å². The first-order valence-corrected chi connectivity index (χ1v) is 13.2. The predicted molar refractivity (Wildman–Crippen MR) is 142 cm³/mol. The van der Waals surface area contributed by atoms with Crippen LogP contribution in [0.4, 0.5) is 4.79 Å². The number of methoxy groups -OCH3 is 2. The summed E-state index contributed by atoms with van der Waals surface area (Å²) in [7, 11) is 2.96. The molecule has 0 aromatic heterocycles.